The Bertz CT molecular complexity index is 613. The van der Waals surface area contributed by atoms with Gasteiger partial charge in [-0.1, -0.05) is 36.8 Å². The number of amides is 1. The van der Waals surface area contributed by atoms with Crippen LogP contribution in [0.4, 0.5) is 5.13 Å². The number of thioether (sulfide) groups is 1. The van der Waals surface area contributed by atoms with E-state index >= 15 is 0 Å². The molecule has 0 fully saturated rings. The van der Waals surface area contributed by atoms with Crippen LogP contribution in [0.25, 0.3) is 0 Å². The van der Waals surface area contributed by atoms with E-state index in [-0.39, 0.29) is 11.2 Å². The van der Waals surface area contributed by atoms with Gasteiger partial charge in [-0.2, -0.15) is 0 Å². The second-order valence-corrected chi connectivity index (χ2v) is 7.66. The lowest BCUT2D eigenvalue weighted by Gasteiger charge is -2.10. The topological polar surface area (TPSA) is 54.9 Å². The van der Waals surface area contributed by atoms with Crippen LogP contribution in [0, 0.1) is 0 Å². The molecule has 0 bridgehead atoms. The van der Waals surface area contributed by atoms with E-state index in [1.54, 1.807) is 0 Å². The van der Waals surface area contributed by atoms with Gasteiger partial charge in [0.1, 0.15) is 5.01 Å². The first-order valence-electron chi connectivity index (χ1n) is 6.52. The van der Waals surface area contributed by atoms with E-state index in [0.29, 0.717) is 16.1 Å². The Labute approximate surface area is 137 Å². The zero-order valence-electron chi connectivity index (χ0n) is 12.0. The number of carbonyl (C=O) groups is 1. The van der Waals surface area contributed by atoms with Gasteiger partial charge in [0, 0.05) is 15.8 Å². The van der Waals surface area contributed by atoms with Crippen LogP contribution in [-0.2, 0) is 4.79 Å². The predicted octanol–water partition coefficient (Wildman–Crippen LogP) is 4.43. The number of rotatable bonds is 5. The number of halogens is 1. The highest BCUT2D eigenvalue weighted by Gasteiger charge is 2.17. The lowest BCUT2D eigenvalue weighted by atomic mass is 10.2. The van der Waals surface area contributed by atoms with Crippen molar-refractivity contribution in [2.75, 3.05) is 5.32 Å². The summed E-state index contributed by atoms with van der Waals surface area (Å²) in [6, 6.07) is 7.43. The fourth-order valence-electron chi connectivity index (χ4n) is 1.50. The zero-order chi connectivity index (χ0) is 15.4. The van der Waals surface area contributed by atoms with E-state index < -0.39 is 0 Å². The second kappa shape index (κ2) is 7.24. The van der Waals surface area contributed by atoms with Gasteiger partial charge in [0.25, 0.3) is 0 Å². The maximum absolute atomic E-state index is 12.1. The summed E-state index contributed by atoms with van der Waals surface area (Å²) in [4.78, 5) is 13.1. The molecule has 2 rings (SSSR count). The molecule has 7 heteroatoms. The first-order chi connectivity index (χ1) is 9.95. The smallest absolute Gasteiger partial charge is 0.239 e. The van der Waals surface area contributed by atoms with Gasteiger partial charge in [-0.15, -0.1) is 22.0 Å². The van der Waals surface area contributed by atoms with Crippen LogP contribution < -0.4 is 5.32 Å². The van der Waals surface area contributed by atoms with Crippen molar-refractivity contribution in [3.8, 4) is 0 Å². The third-order valence-corrected chi connectivity index (χ3v) is 5.16. The minimum Gasteiger partial charge on any atom is -0.300 e. The molecule has 112 valence electrons. The quantitative estimate of drug-likeness (QED) is 0.817. The Hall–Kier alpha value is -1.11. The first kappa shape index (κ1) is 16.3. The van der Waals surface area contributed by atoms with Crippen molar-refractivity contribution in [1.29, 1.82) is 0 Å². The summed E-state index contributed by atoms with van der Waals surface area (Å²) in [6.45, 7) is 5.95. The van der Waals surface area contributed by atoms with E-state index in [2.05, 4.69) is 15.5 Å². The van der Waals surface area contributed by atoms with Crippen molar-refractivity contribution in [1.82, 2.24) is 10.2 Å². The maximum Gasteiger partial charge on any atom is 0.239 e. The van der Waals surface area contributed by atoms with E-state index in [4.69, 9.17) is 11.6 Å². The highest BCUT2D eigenvalue weighted by molar-refractivity contribution is 8.00. The average molecular weight is 342 g/mol. The highest BCUT2D eigenvalue weighted by atomic mass is 35.5. The van der Waals surface area contributed by atoms with Gasteiger partial charge >= 0.3 is 0 Å². The van der Waals surface area contributed by atoms with E-state index in [0.717, 1.165) is 9.90 Å². The molecule has 0 saturated heterocycles. The Morgan fingerprint density at radius 3 is 2.48 bits per heavy atom. The first-order valence-corrected chi connectivity index (χ1v) is 8.59. The molecule has 0 spiro atoms. The van der Waals surface area contributed by atoms with Crippen molar-refractivity contribution in [3.63, 3.8) is 0 Å². The Balaban J connectivity index is 1.94. The van der Waals surface area contributed by atoms with Gasteiger partial charge in [0.05, 0.1) is 5.25 Å². The summed E-state index contributed by atoms with van der Waals surface area (Å²) in [5, 5.41) is 12.8. The highest BCUT2D eigenvalue weighted by Crippen LogP contribution is 2.27. The Morgan fingerprint density at radius 1 is 1.24 bits per heavy atom. The SMILES string of the molecule is CC(C)c1nnc(NC(=O)[C@H](C)Sc2ccc(Cl)cc2)s1. The van der Waals surface area contributed by atoms with Gasteiger partial charge < -0.3 is 0 Å². The zero-order valence-corrected chi connectivity index (χ0v) is 14.4. The fourth-order valence-corrected chi connectivity index (χ4v) is 3.24. The number of benzene rings is 1. The van der Waals surface area contributed by atoms with Crippen LogP contribution in [-0.4, -0.2) is 21.4 Å². The minimum absolute atomic E-state index is 0.0820. The van der Waals surface area contributed by atoms with Gasteiger partial charge in [-0.3, -0.25) is 10.1 Å². The van der Waals surface area contributed by atoms with Crippen molar-refractivity contribution in [2.45, 2.75) is 36.8 Å². The lowest BCUT2D eigenvalue weighted by Crippen LogP contribution is -2.22. The van der Waals surface area contributed by atoms with Crippen LogP contribution in [0.1, 0.15) is 31.7 Å². The molecule has 2 aromatic rings. The number of carbonyl (C=O) groups excluding carboxylic acids is 1. The molecule has 1 aromatic heterocycles. The molecular weight excluding hydrogens is 326 g/mol. The molecule has 0 saturated carbocycles. The fraction of sp³-hybridized carbons (Fsp3) is 0.357. The standard InChI is InChI=1S/C14H16ClN3OS2/c1-8(2)13-17-18-14(21-13)16-12(19)9(3)20-11-6-4-10(15)5-7-11/h4-9H,1-3H3,(H,16,18,19)/t9-/m0/s1. The summed E-state index contributed by atoms with van der Waals surface area (Å²) < 4.78 is 0. The summed E-state index contributed by atoms with van der Waals surface area (Å²) in [6.07, 6.45) is 0. The van der Waals surface area contributed by atoms with Gasteiger partial charge in [-0.25, -0.2) is 0 Å². The monoisotopic (exact) mass is 341 g/mol. The van der Waals surface area contributed by atoms with Gasteiger partial charge in [0.15, 0.2) is 0 Å². The molecule has 21 heavy (non-hydrogen) atoms. The van der Waals surface area contributed by atoms with Gasteiger partial charge in [-0.05, 0) is 31.2 Å². The Kier molecular flexibility index (Phi) is 5.61. The third kappa shape index (κ3) is 4.69. The molecule has 0 aliphatic carbocycles. The van der Waals surface area contributed by atoms with Crippen molar-refractivity contribution in [2.24, 2.45) is 0 Å². The average Bonchev–Trinajstić information content (AvgIpc) is 2.90. The second-order valence-electron chi connectivity index (χ2n) is 4.80. The molecule has 1 heterocycles. The molecule has 0 aliphatic rings. The summed E-state index contributed by atoms with van der Waals surface area (Å²) in [5.74, 6) is 0.232. The molecule has 0 unspecified atom stereocenters. The normalized spacial score (nSPS) is 12.4. The summed E-state index contributed by atoms with van der Waals surface area (Å²) in [7, 11) is 0. The van der Waals surface area contributed by atoms with Crippen LogP contribution in [0.5, 0.6) is 0 Å². The van der Waals surface area contributed by atoms with E-state index in [1.807, 2.05) is 45.0 Å². The molecule has 0 aliphatic heterocycles. The van der Waals surface area contributed by atoms with Crippen molar-refractivity contribution in [3.05, 3.63) is 34.3 Å². The number of anilines is 1. The largest absolute Gasteiger partial charge is 0.300 e. The number of nitrogens with zero attached hydrogens (tertiary/aromatic N) is 2. The maximum atomic E-state index is 12.1. The van der Waals surface area contributed by atoms with E-state index in [1.165, 1.54) is 23.1 Å². The number of hydrogen-bond acceptors (Lipinski definition) is 5. The van der Waals surface area contributed by atoms with Crippen LogP contribution in [0.2, 0.25) is 5.02 Å². The predicted molar refractivity (Wildman–Crippen MR) is 89.4 cm³/mol. The van der Waals surface area contributed by atoms with Gasteiger partial charge in [0.2, 0.25) is 11.0 Å². The number of aromatic nitrogens is 2. The third-order valence-electron chi connectivity index (χ3n) is 2.66. The molecule has 1 amide bonds. The lowest BCUT2D eigenvalue weighted by molar-refractivity contribution is -0.115. The Morgan fingerprint density at radius 2 is 1.90 bits per heavy atom. The summed E-state index contributed by atoms with van der Waals surface area (Å²) in [5.41, 5.74) is 0. The molecule has 1 N–H and O–H groups in total. The van der Waals surface area contributed by atoms with Crippen molar-refractivity contribution >= 4 is 45.7 Å². The van der Waals surface area contributed by atoms with Crippen LogP contribution >= 0.6 is 34.7 Å². The molecule has 1 aromatic carbocycles. The number of nitrogens with one attached hydrogen (secondary N) is 1. The summed E-state index contributed by atoms with van der Waals surface area (Å²) >= 11 is 8.74. The minimum atomic E-state index is -0.224. The van der Waals surface area contributed by atoms with E-state index in [9.17, 15) is 4.79 Å². The number of hydrogen-bond donors (Lipinski definition) is 1. The molecule has 1 atom stereocenters. The van der Waals surface area contributed by atoms with Crippen molar-refractivity contribution < 1.29 is 4.79 Å². The van der Waals surface area contributed by atoms with Crippen LogP contribution in [0.15, 0.2) is 29.2 Å². The van der Waals surface area contributed by atoms with Crippen LogP contribution in [0.3, 0.4) is 0 Å². The molecular formula is C14H16ClN3OS2. The molecule has 0 radical (unpaired) electrons. The molecule has 4 nitrogen and oxygen atoms in total.